The van der Waals surface area contributed by atoms with Crippen LogP contribution >= 0.6 is 0 Å². The summed E-state index contributed by atoms with van der Waals surface area (Å²) in [6.45, 7) is 1.80. The van der Waals surface area contributed by atoms with Gasteiger partial charge in [-0.2, -0.15) is 0 Å². The predicted molar refractivity (Wildman–Crippen MR) is 70.4 cm³/mol. The molecular formula is C14H19FN2O2. The number of hydrogen-bond donors (Lipinski definition) is 2. The average molecular weight is 266 g/mol. The third-order valence-electron chi connectivity index (χ3n) is 3.85. The molecule has 0 heterocycles. The van der Waals surface area contributed by atoms with Crippen LogP contribution < -0.4 is 15.8 Å². The van der Waals surface area contributed by atoms with Crippen molar-refractivity contribution in [2.24, 2.45) is 5.73 Å². The maximum absolute atomic E-state index is 13.0. The van der Waals surface area contributed by atoms with E-state index < -0.39 is 5.54 Å². The van der Waals surface area contributed by atoms with Gasteiger partial charge >= 0.3 is 0 Å². The van der Waals surface area contributed by atoms with Crippen LogP contribution in [0, 0.1) is 12.7 Å². The number of likely N-dealkylation sites (N-methyl/N-ethyl adjacent to an activating group) is 1. The lowest BCUT2D eigenvalue weighted by molar-refractivity contribution is -0.124. The van der Waals surface area contributed by atoms with Crippen LogP contribution in [-0.2, 0) is 4.79 Å². The van der Waals surface area contributed by atoms with Crippen molar-refractivity contribution in [1.82, 2.24) is 5.32 Å². The Bertz CT molecular complexity index is 492. The first kappa shape index (κ1) is 13.8. The van der Waals surface area contributed by atoms with E-state index in [4.69, 9.17) is 10.5 Å². The molecule has 0 aromatic heterocycles. The number of carbonyl (C=O) groups is 1. The van der Waals surface area contributed by atoms with E-state index in [2.05, 4.69) is 5.32 Å². The number of primary amides is 1. The second kappa shape index (κ2) is 5.17. The van der Waals surface area contributed by atoms with Gasteiger partial charge in [0.15, 0.2) is 0 Å². The number of amides is 1. The van der Waals surface area contributed by atoms with Crippen LogP contribution in [0.5, 0.6) is 5.75 Å². The molecule has 2 atom stereocenters. The van der Waals surface area contributed by atoms with Gasteiger partial charge in [-0.3, -0.25) is 4.79 Å². The summed E-state index contributed by atoms with van der Waals surface area (Å²) in [5.74, 6) is 0.0256. The second-order valence-corrected chi connectivity index (χ2v) is 5.09. The summed E-state index contributed by atoms with van der Waals surface area (Å²) in [5, 5.41) is 3.00. The highest BCUT2D eigenvalue weighted by atomic mass is 19.1. The Balaban J connectivity index is 2.08. The molecule has 4 nitrogen and oxygen atoms in total. The minimum absolute atomic E-state index is 0.0795. The highest BCUT2D eigenvalue weighted by molar-refractivity contribution is 5.85. The maximum atomic E-state index is 13.0. The Morgan fingerprint density at radius 1 is 1.58 bits per heavy atom. The quantitative estimate of drug-likeness (QED) is 0.868. The fourth-order valence-corrected chi connectivity index (χ4v) is 2.60. The molecule has 1 aromatic carbocycles. The number of rotatable bonds is 4. The zero-order valence-corrected chi connectivity index (χ0v) is 11.2. The Morgan fingerprint density at radius 3 is 2.84 bits per heavy atom. The molecule has 0 spiro atoms. The smallest absolute Gasteiger partial charge is 0.237 e. The van der Waals surface area contributed by atoms with Gasteiger partial charge in [-0.15, -0.1) is 0 Å². The third kappa shape index (κ3) is 2.71. The molecule has 2 rings (SSSR count). The number of carbonyl (C=O) groups excluding carboxylic acids is 1. The summed E-state index contributed by atoms with van der Waals surface area (Å²) in [4.78, 5) is 11.5. The first-order valence-corrected chi connectivity index (χ1v) is 6.38. The molecule has 1 saturated carbocycles. The Morgan fingerprint density at radius 2 is 2.32 bits per heavy atom. The molecule has 0 aliphatic heterocycles. The molecule has 1 amide bonds. The molecule has 1 fully saturated rings. The van der Waals surface area contributed by atoms with Crippen molar-refractivity contribution in [3.8, 4) is 5.75 Å². The van der Waals surface area contributed by atoms with Gasteiger partial charge in [0, 0.05) is 6.42 Å². The first-order chi connectivity index (χ1) is 8.97. The molecule has 5 heteroatoms. The molecule has 1 aliphatic carbocycles. The molecule has 19 heavy (non-hydrogen) atoms. The Kier molecular flexibility index (Phi) is 3.75. The van der Waals surface area contributed by atoms with Crippen molar-refractivity contribution in [2.45, 2.75) is 37.8 Å². The summed E-state index contributed by atoms with van der Waals surface area (Å²) in [6.07, 6.45) is 1.86. The molecule has 1 aromatic rings. The van der Waals surface area contributed by atoms with Gasteiger partial charge < -0.3 is 15.8 Å². The fourth-order valence-electron chi connectivity index (χ4n) is 2.60. The monoisotopic (exact) mass is 266 g/mol. The largest absolute Gasteiger partial charge is 0.490 e. The average Bonchev–Trinajstić information content (AvgIpc) is 2.77. The number of nitrogens with two attached hydrogens (primary N) is 1. The Labute approximate surface area is 112 Å². The van der Waals surface area contributed by atoms with E-state index in [1.54, 1.807) is 20.0 Å². The van der Waals surface area contributed by atoms with Crippen molar-refractivity contribution >= 4 is 5.91 Å². The first-order valence-electron chi connectivity index (χ1n) is 6.38. The summed E-state index contributed by atoms with van der Waals surface area (Å²) in [5.41, 5.74) is 5.51. The van der Waals surface area contributed by atoms with E-state index in [1.165, 1.54) is 12.1 Å². The van der Waals surface area contributed by atoms with Crippen LogP contribution in [0.4, 0.5) is 4.39 Å². The molecule has 0 saturated heterocycles. The highest BCUT2D eigenvalue weighted by Gasteiger charge is 2.43. The predicted octanol–water partition coefficient (Wildman–Crippen LogP) is 1.51. The molecule has 3 N–H and O–H groups in total. The van der Waals surface area contributed by atoms with Crippen LogP contribution in [0.3, 0.4) is 0 Å². The molecule has 0 bridgehead atoms. The van der Waals surface area contributed by atoms with E-state index in [1.807, 2.05) is 0 Å². The molecular weight excluding hydrogens is 247 g/mol. The van der Waals surface area contributed by atoms with Gasteiger partial charge in [-0.25, -0.2) is 4.39 Å². The third-order valence-corrected chi connectivity index (χ3v) is 3.85. The maximum Gasteiger partial charge on any atom is 0.237 e. The van der Waals surface area contributed by atoms with Crippen LogP contribution in [0.1, 0.15) is 24.8 Å². The van der Waals surface area contributed by atoms with Gasteiger partial charge in [0.2, 0.25) is 5.91 Å². The van der Waals surface area contributed by atoms with Crippen molar-refractivity contribution in [3.63, 3.8) is 0 Å². The number of hydrogen-bond acceptors (Lipinski definition) is 3. The van der Waals surface area contributed by atoms with E-state index >= 15 is 0 Å². The standard InChI is InChI=1S/C14H19FN2O2/c1-9-7-10(15)3-4-12(9)19-11-5-6-14(8-11,17-2)13(16)18/h3-4,7,11,17H,5-6,8H2,1-2H3,(H2,16,18). The van der Waals surface area contributed by atoms with Gasteiger partial charge in [-0.1, -0.05) is 0 Å². The van der Waals surface area contributed by atoms with Crippen molar-refractivity contribution in [2.75, 3.05) is 7.05 Å². The number of nitrogens with one attached hydrogen (secondary N) is 1. The van der Waals surface area contributed by atoms with Crippen molar-refractivity contribution in [3.05, 3.63) is 29.6 Å². The second-order valence-electron chi connectivity index (χ2n) is 5.09. The molecule has 104 valence electrons. The highest BCUT2D eigenvalue weighted by Crippen LogP contribution is 2.33. The van der Waals surface area contributed by atoms with E-state index in [0.717, 1.165) is 12.0 Å². The summed E-state index contributed by atoms with van der Waals surface area (Å²) in [6, 6.07) is 4.43. The van der Waals surface area contributed by atoms with Gasteiger partial charge in [0.25, 0.3) is 0 Å². The molecule has 2 unspecified atom stereocenters. The van der Waals surface area contributed by atoms with E-state index in [9.17, 15) is 9.18 Å². The normalized spacial score (nSPS) is 26.4. The topological polar surface area (TPSA) is 64.3 Å². The summed E-state index contributed by atoms with van der Waals surface area (Å²) >= 11 is 0. The lowest BCUT2D eigenvalue weighted by atomic mass is 9.97. The lowest BCUT2D eigenvalue weighted by Crippen LogP contribution is -2.52. The number of benzene rings is 1. The van der Waals surface area contributed by atoms with Crippen LogP contribution in [-0.4, -0.2) is 24.6 Å². The van der Waals surface area contributed by atoms with Crippen molar-refractivity contribution in [1.29, 1.82) is 0 Å². The molecule has 1 aliphatic rings. The van der Waals surface area contributed by atoms with Crippen molar-refractivity contribution < 1.29 is 13.9 Å². The minimum atomic E-state index is -0.682. The lowest BCUT2D eigenvalue weighted by Gasteiger charge is -2.25. The minimum Gasteiger partial charge on any atom is -0.490 e. The van der Waals surface area contributed by atoms with Crippen LogP contribution in [0.2, 0.25) is 0 Å². The molecule has 0 radical (unpaired) electrons. The van der Waals surface area contributed by atoms with Crippen LogP contribution in [0.25, 0.3) is 0 Å². The zero-order chi connectivity index (χ0) is 14.0. The summed E-state index contributed by atoms with van der Waals surface area (Å²) in [7, 11) is 1.73. The van der Waals surface area contributed by atoms with Crippen LogP contribution in [0.15, 0.2) is 18.2 Å². The van der Waals surface area contributed by atoms with Gasteiger partial charge in [0.1, 0.15) is 23.2 Å². The van der Waals surface area contributed by atoms with E-state index in [-0.39, 0.29) is 17.8 Å². The van der Waals surface area contributed by atoms with Gasteiger partial charge in [0.05, 0.1) is 0 Å². The number of ether oxygens (including phenoxy) is 1. The SMILES string of the molecule is CNC1(C(N)=O)CCC(Oc2ccc(F)cc2C)C1. The fraction of sp³-hybridized carbons (Fsp3) is 0.500. The zero-order valence-electron chi connectivity index (χ0n) is 11.2. The Hall–Kier alpha value is -1.62. The number of aryl methyl sites for hydroxylation is 1. The van der Waals surface area contributed by atoms with E-state index in [0.29, 0.717) is 18.6 Å². The van der Waals surface area contributed by atoms with Gasteiger partial charge in [-0.05, 0) is 50.6 Å². The summed E-state index contributed by atoms with van der Waals surface area (Å²) < 4.78 is 18.9. The number of halogens is 1.